The number of piperidine rings is 1. The molecule has 4 rings (SSSR count). The Morgan fingerprint density at radius 2 is 2.21 bits per heavy atom. The SMILES string of the molecule is Cc1ncc(C(=O)N2CCC3(CC2)CO[C@@H](CN(C)Cc2cccnc2)C3)[nH]1. The van der Waals surface area contributed by atoms with Crippen LogP contribution in [0.25, 0.3) is 0 Å². The van der Waals surface area contributed by atoms with Gasteiger partial charge in [-0.3, -0.25) is 14.7 Å². The number of carbonyl (C=O) groups excluding carboxylic acids is 1. The summed E-state index contributed by atoms with van der Waals surface area (Å²) < 4.78 is 6.16. The lowest BCUT2D eigenvalue weighted by atomic mass is 9.76. The molecule has 0 radical (unpaired) electrons. The number of hydrogen-bond acceptors (Lipinski definition) is 5. The summed E-state index contributed by atoms with van der Waals surface area (Å²) in [6, 6.07) is 4.08. The van der Waals surface area contributed by atoms with E-state index in [4.69, 9.17) is 4.74 Å². The monoisotopic (exact) mass is 383 g/mol. The minimum Gasteiger partial charge on any atom is -0.376 e. The largest absolute Gasteiger partial charge is 0.376 e. The van der Waals surface area contributed by atoms with Crippen molar-refractivity contribution in [2.75, 3.05) is 33.3 Å². The smallest absolute Gasteiger partial charge is 0.271 e. The highest BCUT2D eigenvalue weighted by molar-refractivity contribution is 5.92. The van der Waals surface area contributed by atoms with Crippen molar-refractivity contribution in [2.24, 2.45) is 5.41 Å². The third-order valence-corrected chi connectivity index (χ3v) is 6.02. The second kappa shape index (κ2) is 8.01. The third-order valence-electron chi connectivity index (χ3n) is 6.02. The average Bonchev–Trinajstić information content (AvgIpc) is 3.29. The van der Waals surface area contributed by atoms with E-state index in [0.29, 0.717) is 5.69 Å². The Kier molecular flexibility index (Phi) is 5.46. The van der Waals surface area contributed by atoms with Gasteiger partial charge in [-0.1, -0.05) is 6.07 Å². The minimum absolute atomic E-state index is 0.0575. The number of likely N-dealkylation sites (tertiary alicyclic amines) is 1. The zero-order valence-electron chi connectivity index (χ0n) is 16.7. The Balaban J connectivity index is 1.27. The summed E-state index contributed by atoms with van der Waals surface area (Å²) in [5.41, 5.74) is 2.03. The number of aromatic nitrogens is 3. The first-order valence-electron chi connectivity index (χ1n) is 10.0. The first kappa shape index (κ1) is 19.1. The van der Waals surface area contributed by atoms with Crippen LogP contribution in [0.5, 0.6) is 0 Å². The predicted octanol–water partition coefficient (Wildman–Crippen LogP) is 2.26. The van der Waals surface area contributed by atoms with Crippen LogP contribution in [0.2, 0.25) is 0 Å². The molecule has 0 aliphatic carbocycles. The van der Waals surface area contributed by atoms with Gasteiger partial charge in [0.2, 0.25) is 0 Å². The predicted molar refractivity (Wildman–Crippen MR) is 106 cm³/mol. The summed E-state index contributed by atoms with van der Waals surface area (Å²) in [6.45, 7) is 6.06. The molecular weight excluding hydrogens is 354 g/mol. The number of amides is 1. The Morgan fingerprint density at radius 3 is 2.89 bits per heavy atom. The van der Waals surface area contributed by atoms with Crippen molar-refractivity contribution in [1.29, 1.82) is 0 Å². The molecule has 2 saturated heterocycles. The lowest BCUT2D eigenvalue weighted by Crippen LogP contribution is -2.43. The van der Waals surface area contributed by atoms with Gasteiger partial charge in [0, 0.05) is 38.6 Å². The van der Waals surface area contributed by atoms with Crippen molar-refractivity contribution in [1.82, 2.24) is 24.8 Å². The molecule has 0 aromatic carbocycles. The molecule has 0 saturated carbocycles. The highest BCUT2D eigenvalue weighted by atomic mass is 16.5. The Labute approximate surface area is 166 Å². The maximum Gasteiger partial charge on any atom is 0.271 e. The van der Waals surface area contributed by atoms with E-state index in [-0.39, 0.29) is 17.4 Å². The Hall–Kier alpha value is -2.25. The standard InChI is InChI=1S/C21H29N5O2/c1-16-23-12-19(24-16)20(27)26-8-5-21(6-9-26)10-18(28-15-21)14-25(2)13-17-4-3-7-22-11-17/h3-4,7,11-12,18H,5-6,8-10,13-15H2,1-2H3,(H,23,24)/t18-/m1/s1. The first-order chi connectivity index (χ1) is 13.5. The molecule has 2 aromatic heterocycles. The lowest BCUT2D eigenvalue weighted by molar-refractivity contribution is 0.0454. The highest BCUT2D eigenvalue weighted by Crippen LogP contribution is 2.42. The molecule has 0 unspecified atom stereocenters. The van der Waals surface area contributed by atoms with Crippen molar-refractivity contribution in [3.63, 3.8) is 0 Å². The molecule has 2 aliphatic heterocycles. The van der Waals surface area contributed by atoms with E-state index in [2.05, 4.69) is 33.0 Å². The van der Waals surface area contributed by atoms with Gasteiger partial charge in [0.15, 0.2) is 0 Å². The molecule has 1 spiro atoms. The van der Waals surface area contributed by atoms with Crippen molar-refractivity contribution >= 4 is 5.91 Å². The molecule has 7 heteroatoms. The molecular formula is C21H29N5O2. The number of rotatable bonds is 5. The number of H-pyrrole nitrogens is 1. The fourth-order valence-electron chi connectivity index (χ4n) is 4.46. The molecule has 28 heavy (non-hydrogen) atoms. The van der Waals surface area contributed by atoms with Crippen molar-refractivity contribution in [3.8, 4) is 0 Å². The van der Waals surface area contributed by atoms with Crippen LogP contribution in [0.15, 0.2) is 30.7 Å². The quantitative estimate of drug-likeness (QED) is 0.857. The number of aryl methyl sites for hydroxylation is 1. The molecule has 2 aromatic rings. The van der Waals surface area contributed by atoms with Crippen molar-refractivity contribution < 1.29 is 9.53 Å². The summed E-state index contributed by atoms with van der Waals surface area (Å²) in [5, 5.41) is 0. The number of hydrogen-bond donors (Lipinski definition) is 1. The van der Waals surface area contributed by atoms with E-state index < -0.39 is 0 Å². The lowest BCUT2D eigenvalue weighted by Gasteiger charge is -2.38. The Morgan fingerprint density at radius 1 is 1.39 bits per heavy atom. The van der Waals surface area contributed by atoms with Gasteiger partial charge < -0.3 is 14.6 Å². The van der Waals surface area contributed by atoms with Crippen LogP contribution in [0.4, 0.5) is 0 Å². The normalized spacial score (nSPS) is 21.5. The maximum absolute atomic E-state index is 12.6. The second-order valence-corrected chi connectivity index (χ2v) is 8.37. The Bertz CT molecular complexity index is 798. The molecule has 1 amide bonds. The highest BCUT2D eigenvalue weighted by Gasteiger charge is 2.43. The molecule has 1 N–H and O–H groups in total. The molecule has 2 aliphatic rings. The van der Waals surface area contributed by atoms with Crippen LogP contribution in [0.3, 0.4) is 0 Å². The summed E-state index contributed by atoms with van der Waals surface area (Å²) in [4.78, 5) is 28.2. The van der Waals surface area contributed by atoms with E-state index in [1.807, 2.05) is 24.1 Å². The van der Waals surface area contributed by atoms with E-state index in [1.54, 1.807) is 12.4 Å². The van der Waals surface area contributed by atoms with Gasteiger partial charge in [-0.15, -0.1) is 0 Å². The molecule has 1 atom stereocenters. The maximum atomic E-state index is 12.6. The summed E-state index contributed by atoms with van der Waals surface area (Å²) in [5.74, 6) is 0.835. The van der Waals surface area contributed by atoms with Gasteiger partial charge in [0.1, 0.15) is 11.5 Å². The van der Waals surface area contributed by atoms with Gasteiger partial charge in [-0.2, -0.15) is 0 Å². The van der Waals surface area contributed by atoms with Gasteiger partial charge in [-0.25, -0.2) is 4.98 Å². The van der Waals surface area contributed by atoms with Crippen LogP contribution in [-0.4, -0.2) is 70.1 Å². The fourth-order valence-corrected chi connectivity index (χ4v) is 4.46. The molecule has 7 nitrogen and oxygen atoms in total. The van der Waals surface area contributed by atoms with Crippen LogP contribution in [-0.2, 0) is 11.3 Å². The van der Waals surface area contributed by atoms with Crippen LogP contribution >= 0.6 is 0 Å². The number of imidazole rings is 1. The number of nitrogens with one attached hydrogen (secondary N) is 1. The number of likely N-dealkylation sites (N-methyl/N-ethyl adjacent to an activating group) is 1. The fraction of sp³-hybridized carbons (Fsp3) is 0.571. The van der Waals surface area contributed by atoms with Gasteiger partial charge in [0.25, 0.3) is 5.91 Å². The third kappa shape index (κ3) is 4.25. The topological polar surface area (TPSA) is 74.4 Å². The van der Waals surface area contributed by atoms with Crippen LogP contribution < -0.4 is 0 Å². The second-order valence-electron chi connectivity index (χ2n) is 8.37. The summed E-state index contributed by atoms with van der Waals surface area (Å²) in [7, 11) is 2.13. The van der Waals surface area contributed by atoms with E-state index >= 15 is 0 Å². The minimum atomic E-state index is 0.0575. The van der Waals surface area contributed by atoms with E-state index in [0.717, 1.165) is 57.9 Å². The van der Waals surface area contributed by atoms with E-state index in [1.165, 1.54) is 5.56 Å². The van der Waals surface area contributed by atoms with Crippen molar-refractivity contribution in [2.45, 2.75) is 38.8 Å². The number of nitrogens with zero attached hydrogens (tertiary/aromatic N) is 4. The zero-order valence-corrected chi connectivity index (χ0v) is 16.7. The first-order valence-corrected chi connectivity index (χ1v) is 10.0. The number of pyridine rings is 1. The molecule has 2 fully saturated rings. The van der Waals surface area contributed by atoms with Crippen LogP contribution in [0, 0.1) is 12.3 Å². The van der Waals surface area contributed by atoms with Crippen LogP contribution in [0.1, 0.15) is 41.1 Å². The number of ether oxygens (including phenoxy) is 1. The molecule has 0 bridgehead atoms. The van der Waals surface area contributed by atoms with E-state index in [9.17, 15) is 4.79 Å². The van der Waals surface area contributed by atoms with Gasteiger partial charge in [0.05, 0.1) is 18.9 Å². The number of carbonyl (C=O) groups is 1. The summed E-state index contributed by atoms with van der Waals surface area (Å²) >= 11 is 0. The van der Waals surface area contributed by atoms with Gasteiger partial charge >= 0.3 is 0 Å². The zero-order chi connectivity index (χ0) is 19.6. The van der Waals surface area contributed by atoms with Gasteiger partial charge in [-0.05, 0) is 50.3 Å². The number of aromatic amines is 1. The molecule has 4 heterocycles. The molecule has 150 valence electrons. The van der Waals surface area contributed by atoms with Crippen molar-refractivity contribution in [3.05, 3.63) is 47.8 Å². The summed E-state index contributed by atoms with van der Waals surface area (Å²) in [6.07, 6.45) is 8.71. The average molecular weight is 383 g/mol.